The Hall–Kier alpha value is -2.50. The molecule has 0 spiro atoms. The Bertz CT molecular complexity index is 768. The van der Waals surface area contributed by atoms with E-state index in [0.717, 1.165) is 17.6 Å². The van der Waals surface area contributed by atoms with Crippen molar-refractivity contribution in [3.63, 3.8) is 0 Å². The molecule has 6 nitrogen and oxygen atoms in total. The summed E-state index contributed by atoms with van der Waals surface area (Å²) in [6, 6.07) is 6.95. The fraction of sp³-hybridized carbons (Fsp3) is 0.444. The van der Waals surface area contributed by atoms with Crippen LogP contribution < -0.4 is 5.32 Å². The average Bonchev–Trinajstić information content (AvgIpc) is 2.96. The van der Waals surface area contributed by atoms with E-state index in [1.807, 2.05) is 32.0 Å². The van der Waals surface area contributed by atoms with Crippen molar-refractivity contribution in [2.75, 3.05) is 6.54 Å². The molecule has 2 aromatic rings. The Balaban J connectivity index is 1.75. The summed E-state index contributed by atoms with van der Waals surface area (Å²) in [5, 5.41) is 13.2. The second-order valence-corrected chi connectivity index (χ2v) is 6.45. The number of aromatic nitrogens is 1. The number of aliphatic carboxylic acids is 1. The average molecular weight is 329 g/mol. The van der Waals surface area contributed by atoms with Crippen LogP contribution in [-0.2, 0) is 17.8 Å². The number of nitrogens with zero attached hydrogens (tertiary/aromatic N) is 1. The van der Waals surface area contributed by atoms with E-state index < -0.39 is 12.0 Å². The number of aromatic amines is 1. The first kappa shape index (κ1) is 16.4. The van der Waals surface area contributed by atoms with Gasteiger partial charge in [-0.25, -0.2) is 9.59 Å². The summed E-state index contributed by atoms with van der Waals surface area (Å²) in [4.78, 5) is 28.9. The number of H-pyrrole nitrogens is 1. The first-order chi connectivity index (χ1) is 11.5. The van der Waals surface area contributed by atoms with Crippen LogP contribution in [0.3, 0.4) is 0 Å². The van der Waals surface area contributed by atoms with Gasteiger partial charge in [0.15, 0.2) is 0 Å². The first-order valence-electron chi connectivity index (χ1n) is 8.38. The van der Waals surface area contributed by atoms with Crippen molar-refractivity contribution in [2.45, 2.75) is 39.3 Å². The second kappa shape index (κ2) is 6.55. The Labute approximate surface area is 140 Å². The van der Waals surface area contributed by atoms with Crippen molar-refractivity contribution in [2.24, 2.45) is 5.92 Å². The van der Waals surface area contributed by atoms with E-state index in [4.69, 9.17) is 0 Å². The fourth-order valence-electron chi connectivity index (χ4n) is 3.27. The highest BCUT2D eigenvalue weighted by molar-refractivity contribution is 5.86. The monoisotopic (exact) mass is 329 g/mol. The third kappa shape index (κ3) is 2.96. The van der Waals surface area contributed by atoms with Crippen LogP contribution in [0, 0.1) is 5.92 Å². The van der Waals surface area contributed by atoms with E-state index in [1.165, 1.54) is 10.9 Å². The molecule has 6 heteroatoms. The molecule has 0 fully saturated rings. The van der Waals surface area contributed by atoms with Crippen molar-refractivity contribution in [3.05, 3.63) is 35.5 Å². The molecule has 1 aliphatic rings. The molecule has 2 heterocycles. The first-order valence-corrected chi connectivity index (χ1v) is 8.38. The largest absolute Gasteiger partial charge is 0.480 e. The highest BCUT2D eigenvalue weighted by atomic mass is 16.4. The zero-order valence-electron chi connectivity index (χ0n) is 14.0. The number of hydrogen-bond acceptors (Lipinski definition) is 2. The Morgan fingerprint density at radius 2 is 2.12 bits per heavy atom. The summed E-state index contributed by atoms with van der Waals surface area (Å²) in [5.74, 6) is -1.10. The molecule has 3 rings (SSSR count). The van der Waals surface area contributed by atoms with Crippen molar-refractivity contribution in [1.82, 2.24) is 15.2 Å². The third-order valence-corrected chi connectivity index (χ3v) is 4.93. The van der Waals surface area contributed by atoms with Crippen molar-refractivity contribution in [3.8, 4) is 0 Å². The van der Waals surface area contributed by atoms with Crippen LogP contribution in [0.25, 0.3) is 10.9 Å². The van der Waals surface area contributed by atoms with E-state index in [0.29, 0.717) is 19.5 Å². The summed E-state index contributed by atoms with van der Waals surface area (Å²) in [5.41, 5.74) is 3.37. The number of carboxylic acid groups (broad SMARTS) is 1. The molecule has 2 atom stereocenters. The number of fused-ring (bicyclic) bond motifs is 3. The van der Waals surface area contributed by atoms with Crippen LogP contribution in [0.1, 0.15) is 31.5 Å². The van der Waals surface area contributed by atoms with Crippen LogP contribution in [-0.4, -0.2) is 39.6 Å². The van der Waals surface area contributed by atoms with Gasteiger partial charge in [0.2, 0.25) is 0 Å². The minimum Gasteiger partial charge on any atom is -0.480 e. The molecule has 0 unspecified atom stereocenters. The second-order valence-electron chi connectivity index (χ2n) is 6.45. The standard InChI is InChI=1S/C18H23N3O3/c1-3-11(2)16(17(22)23)20-18(24)21-9-8-13-12-6-4-5-7-14(12)19-15(13)10-21/h4-7,11,16,19H,3,8-10H2,1-2H3,(H,20,24)(H,22,23)/t11-,16+/m0/s1. The number of carbonyl (C=O) groups excluding carboxylic acids is 1. The highest BCUT2D eigenvalue weighted by Crippen LogP contribution is 2.27. The number of rotatable bonds is 4. The van der Waals surface area contributed by atoms with Gasteiger partial charge in [-0.05, 0) is 24.0 Å². The van der Waals surface area contributed by atoms with Crippen LogP contribution in [0.15, 0.2) is 24.3 Å². The van der Waals surface area contributed by atoms with Gasteiger partial charge < -0.3 is 20.3 Å². The molecule has 1 aromatic carbocycles. The molecular weight excluding hydrogens is 306 g/mol. The predicted octanol–water partition coefficient (Wildman–Crippen LogP) is 2.73. The van der Waals surface area contributed by atoms with E-state index >= 15 is 0 Å². The molecule has 1 aliphatic heterocycles. The maximum Gasteiger partial charge on any atom is 0.326 e. The van der Waals surface area contributed by atoms with E-state index in [9.17, 15) is 14.7 Å². The summed E-state index contributed by atoms with van der Waals surface area (Å²) in [6.07, 6.45) is 1.47. The lowest BCUT2D eigenvalue weighted by atomic mass is 9.99. The molecule has 0 saturated heterocycles. The number of carboxylic acids is 1. The molecule has 3 N–H and O–H groups in total. The number of urea groups is 1. The number of hydrogen-bond donors (Lipinski definition) is 3. The minimum atomic E-state index is -0.985. The third-order valence-electron chi connectivity index (χ3n) is 4.93. The summed E-state index contributed by atoms with van der Waals surface area (Å²) in [7, 11) is 0. The normalized spacial score (nSPS) is 16.5. The van der Waals surface area contributed by atoms with Gasteiger partial charge in [0, 0.05) is 23.1 Å². The molecular formula is C18H23N3O3. The molecule has 0 aliphatic carbocycles. The van der Waals surface area contributed by atoms with Crippen molar-refractivity contribution < 1.29 is 14.7 Å². The zero-order valence-corrected chi connectivity index (χ0v) is 14.0. The molecule has 128 valence electrons. The zero-order chi connectivity index (χ0) is 17.3. The van der Waals surface area contributed by atoms with Gasteiger partial charge in [0.1, 0.15) is 6.04 Å². The number of para-hydroxylation sites is 1. The SMILES string of the molecule is CC[C@H](C)[C@@H](NC(=O)N1CCc2c([nH]c3ccccc23)C1)C(=O)O. The number of carbonyl (C=O) groups is 2. The Kier molecular flexibility index (Phi) is 4.46. The topological polar surface area (TPSA) is 85.4 Å². The highest BCUT2D eigenvalue weighted by Gasteiger charge is 2.29. The van der Waals surface area contributed by atoms with Gasteiger partial charge in [0.05, 0.1) is 6.54 Å². The molecule has 0 radical (unpaired) electrons. The van der Waals surface area contributed by atoms with Gasteiger partial charge in [-0.15, -0.1) is 0 Å². The van der Waals surface area contributed by atoms with Gasteiger partial charge in [-0.2, -0.15) is 0 Å². The van der Waals surface area contributed by atoms with Crippen LogP contribution in [0.4, 0.5) is 4.79 Å². The van der Waals surface area contributed by atoms with Crippen molar-refractivity contribution in [1.29, 1.82) is 0 Å². The molecule has 24 heavy (non-hydrogen) atoms. The Morgan fingerprint density at radius 1 is 1.38 bits per heavy atom. The van der Waals surface area contributed by atoms with Gasteiger partial charge in [-0.3, -0.25) is 0 Å². The maximum atomic E-state index is 12.5. The lowest BCUT2D eigenvalue weighted by molar-refractivity contribution is -0.140. The number of amides is 2. The van der Waals surface area contributed by atoms with Crippen LogP contribution in [0.2, 0.25) is 0 Å². The maximum absolute atomic E-state index is 12.5. The van der Waals surface area contributed by atoms with Gasteiger partial charge in [-0.1, -0.05) is 38.5 Å². The molecule has 2 amide bonds. The van der Waals surface area contributed by atoms with E-state index in [1.54, 1.807) is 4.90 Å². The Morgan fingerprint density at radius 3 is 2.83 bits per heavy atom. The molecule has 0 saturated carbocycles. The van der Waals surface area contributed by atoms with Gasteiger partial charge in [0.25, 0.3) is 0 Å². The van der Waals surface area contributed by atoms with Crippen LogP contribution in [0.5, 0.6) is 0 Å². The minimum absolute atomic E-state index is 0.111. The van der Waals surface area contributed by atoms with Crippen molar-refractivity contribution >= 4 is 22.9 Å². The molecule has 1 aromatic heterocycles. The van der Waals surface area contributed by atoms with E-state index in [-0.39, 0.29) is 11.9 Å². The lowest BCUT2D eigenvalue weighted by Gasteiger charge is -2.30. The smallest absolute Gasteiger partial charge is 0.326 e. The quantitative estimate of drug-likeness (QED) is 0.806. The molecule has 0 bridgehead atoms. The summed E-state index contributed by atoms with van der Waals surface area (Å²) < 4.78 is 0. The van der Waals surface area contributed by atoms with Crippen LogP contribution >= 0.6 is 0 Å². The summed E-state index contributed by atoms with van der Waals surface area (Å²) in [6.45, 7) is 4.83. The predicted molar refractivity (Wildman–Crippen MR) is 91.8 cm³/mol. The summed E-state index contributed by atoms with van der Waals surface area (Å²) >= 11 is 0. The fourth-order valence-corrected chi connectivity index (χ4v) is 3.27. The van der Waals surface area contributed by atoms with E-state index in [2.05, 4.69) is 16.4 Å². The number of nitrogens with one attached hydrogen (secondary N) is 2. The van der Waals surface area contributed by atoms with Gasteiger partial charge >= 0.3 is 12.0 Å². The number of benzene rings is 1. The lowest BCUT2D eigenvalue weighted by Crippen LogP contribution is -2.51.